The number of Topliss-reactive ketones (excluding diaryl/α,β-unsaturated/α-hetero) is 2. The number of rotatable bonds is 25. The highest BCUT2D eigenvalue weighted by molar-refractivity contribution is 6.38. The molecule has 2 aromatic rings. The molecule has 0 bridgehead atoms. The number of aryl methyl sites for hydroxylation is 2. The van der Waals surface area contributed by atoms with E-state index in [2.05, 4.69) is 76.3 Å². The topological polar surface area (TPSA) is 127 Å². The van der Waals surface area contributed by atoms with Crippen LogP contribution in [0.15, 0.2) is 85.0 Å². The molecule has 2 heterocycles. The Bertz CT molecular complexity index is 1890. The average molecular weight is 937 g/mol. The van der Waals surface area contributed by atoms with Gasteiger partial charge in [-0.15, -0.1) is 0 Å². The Kier molecular flexibility index (Phi) is 21.0. The first kappa shape index (κ1) is 55.7. The van der Waals surface area contributed by atoms with Crippen LogP contribution in [0.4, 0.5) is 0 Å². The van der Waals surface area contributed by atoms with Crippen molar-refractivity contribution in [3.8, 4) is 0 Å². The number of carbonyl (C=O) groups excluding carboxylic acids is 6. The lowest BCUT2D eigenvalue weighted by molar-refractivity contribution is -0.167. The van der Waals surface area contributed by atoms with E-state index in [1.165, 1.54) is 9.80 Å². The van der Waals surface area contributed by atoms with E-state index in [0.29, 0.717) is 51.6 Å². The Morgan fingerprint density at radius 1 is 0.559 bits per heavy atom. The van der Waals surface area contributed by atoms with Crippen LogP contribution in [0.25, 0.3) is 0 Å². The Balaban J connectivity index is 1.40. The summed E-state index contributed by atoms with van der Waals surface area (Å²) in [4.78, 5) is 84.5. The number of esters is 2. The molecular weight excluding hydrogens is 853 g/mol. The summed E-state index contributed by atoms with van der Waals surface area (Å²) < 4.78 is 12.8. The summed E-state index contributed by atoms with van der Waals surface area (Å²) >= 11 is 0. The van der Waals surface area contributed by atoms with Crippen LogP contribution in [0.3, 0.4) is 0 Å². The predicted octanol–water partition coefficient (Wildman–Crippen LogP) is 11.6. The number of ketones is 2. The molecule has 0 radical (unpaired) electrons. The van der Waals surface area contributed by atoms with Crippen LogP contribution < -0.4 is 0 Å². The molecule has 2 aromatic carbocycles. The fraction of sp³-hybridized carbons (Fsp3) is 0.621. The van der Waals surface area contributed by atoms with E-state index in [1.54, 1.807) is 27.7 Å². The first-order chi connectivity index (χ1) is 32.1. The molecule has 10 nitrogen and oxygen atoms in total. The van der Waals surface area contributed by atoms with Crippen molar-refractivity contribution in [2.24, 2.45) is 21.7 Å². The van der Waals surface area contributed by atoms with E-state index in [1.807, 2.05) is 50.2 Å². The van der Waals surface area contributed by atoms with Gasteiger partial charge < -0.3 is 19.3 Å². The average Bonchev–Trinajstić information content (AvgIpc) is 3.34. The van der Waals surface area contributed by atoms with Crippen LogP contribution in [0, 0.1) is 21.7 Å². The maximum absolute atomic E-state index is 14.0. The molecule has 68 heavy (non-hydrogen) atoms. The van der Waals surface area contributed by atoms with Crippen LogP contribution >= 0.6 is 0 Å². The van der Waals surface area contributed by atoms with Crippen LogP contribution in [0.1, 0.15) is 170 Å². The van der Waals surface area contributed by atoms with E-state index >= 15 is 0 Å². The van der Waals surface area contributed by atoms with E-state index in [-0.39, 0.29) is 0 Å². The van der Waals surface area contributed by atoms with Gasteiger partial charge in [-0.2, -0.15) is 0 Å². The van der Waals surface area contributed by atoms with Gasteiger partial charge in [0.1, 0.15) is 24.3 Å². The van der Waals surface area contributed by atoms with Gasteiger partial charge in [0.05, 0.1) is 0 Å². The second-order valence-corrected chi connectivity index (χ2v) is 21.8. The number of piperidine rings is 2. The molecule has 0 N–H and O–H groups in total. The SMILES string of the molecule is CCC(C)(C)C(=O)C(=O)N1CCCCC1C(=O)O[C@H](CCc1ccccc1)C(C)(C)C=CCCCCC=CC(C)(C)[C@@H](CCc1ccccc1)OC(=O)C1CCCCN1C(=O)C(=O)C(C)(C)CC. The summed E-state index contributed by atoms with van der Waals surface area (Å²) in [5.74, 6) is -3.00. The maximum Gasteiger partial charge on any atom is 0.329 e. The van der Waals surface area contributed by atoms with Gasteiger partial charge in [0, 0.05) is 34.7 Å². The molecule has 0 saturated carbocycles. The minimum atomic E-state index is -0.804. The van der Waals surface area contributed by atoms with Crippen molar-refractivity contribution in [3.05, 3.63) is 96.1 Å². The number of hydrogen-bond acceptors (Lipinski definition) is 8. The third-order valence-corrected chi connectivity index (χ3v) is 14.8. The number of hydrogen-bond donors (Lipinski definition) is 0. The monoisotopic (exact) mass is 937 g/mol. The summed E-state index contributed by atoms with van der Waals surface area (Å²) in [7, 11) is 0. The molecule has 0 aliphatic carbocycles. The standard InChI is InChI=1S/C58H84N2O8/c1-11-55(3,4)49(61)51(63)59-41-27-23-33-45(59)53(65)67-47(37-35-43-29-19-17-20-30-43)57(7,8)39-25-15-13-14-16-26-40-58(9,10)48(38-36-44-31-21-18-22-32-44)68-54(66)46-34-24-28-42-60(46)52(64)50(62)56(5,6)12-2/h17-22,25-26,29-32,39-40,45-48H,11-16,23-24,27-28,33-38,41-42H2,1-10H3/t45?,46?,47-,48-/m1/s1. The van der Waals surface area contributed by atoms with Crippen molar-refractivity contribution in [1.82, 2.24) is 9.80 Å². The number of carbonyl (C=O) groups is 6. The van der Waals surface area contributed by atoms with Crippen molar-refractivity contribution < 1.29 is 38.2 Å². The van der Waals surface area contributed by atoms with E-state index in [0.717, 1.165) is 75.3 Å². The summed E-state index contributed by atoms with van der Waals surface area (Å²) in [6.45, 7) is 20.0. The largest absolute Gasteiger partial charge is 0.460 e. The Hall–Kier alpha value is -4.86. The predicted molar refractivity (Wildman–Crippen MR) is 270 cm³/mol. The third kappa shape index (κ3) is 15.8. The molecular formula is C58H84N2O8. The second kappa shape index (κ2) is 25.7. The molecule has 2 aliphatic heterocycles. The van der Waals surface area contributed by atoms with E-state index < -0.39 is 81.3 Å². The molecule has 4 rings (SSSR count). The lowest BCUT2D eigenvalue weighted by atomic mass is 9.82. The zero-order valence-electron chi connectivity index (χ0n) is 43.3. The molecule has 374 valence electrons. The van der Waals surface area contributed by atoms with Crippen molar-refractivity contribution in [3.63, 3.8) is 0 Å². The Labute approximate surface area is 409 Å². The van der Waals surface area contributed by atoms with Gasteiger partial charge in [0.2, 0.25) is 11.6 Å². The molecule has 0 spiro atoms. The lowest BCUT2D eigenvalue weighted by Crippen LogP contribution is -2.54. The second-order valence-electron chi connectivity index (χ2n) is 21.8. The normalized spacial score (nSPS) is 18.3. The minimum Gasteiger partial charge on any atom is -0.460 e. The van der Waals surface area contributed by atoms with Crippen molar-refractivity contribution >= 4 is 35.3 Å². The minimum absolute atomic E-state index is 0.363. The Morgan fingerprint density at radius 3 is 1.25 bits per heavy atom. The van der Waals surface area contributed by atoms with Gasteiger partial charge in [0.15, 0.2) is 0 Å². The number of allylic oxidation sites excluding steroid dienone is 2. The molecule has 2 amide bonds. The molecule has 4 atom stereocenters. The number of unbranched alkanes of at least 4 members (excludes halogenated alkanes) is 3. The number of nitrogens with zero attached hydrogens (tertiary/aromatic N) is 2. The highest BCUT2D eigenvalue weighted by atomic mass is 16.6. The summed E-state index contributed by atoms with van der Waals surface area (Å²) in [5, 5.41) is 0. The number of ether oxygens (including phenoxy) is 2. The fourth-order valence-corrected chi connectivity index (χ4v) is 9.00. The summed E-state index contributed by atoms with van der Waals surface area (Å²) in [6.07, 6.45) is 19.0. The van der Waals surface area contributed by atoms with Gasteiger partial charge in [-0.05, 0) is 114 Å². The van der Waals surface area contributed by atoms with Gasteiger partial charge in [-0.3, -0.25) is 19.2 Å². The molecule has 10 heteroatoms. The van der Waals surface area contributed by atoms with Crippen LogP contribution in [0.5, 0.6) is 0 Å². The number of likely N-dealkylation sites (tertiary alicyclic amines) is 2. The van der Waals surface area contributed by atoms with Crippen molar-refractivity contribution in [2.45, 2.75) is 196 Å². The maximum atomic E-state index is 14.0. The first-order valence-corrected chi connectivity index (χ1v) is 25.7. The van der Waals surface area contributed by atoms with Gasteiger partial charge >= 0.3 is 11.9 Å². The number of amides is 2. The zero-order chi connectivity index (χ0) is 50.1. The molecule has 2 fully saturated rings. The van der Waals surface area contributed by atoms with Gasteiger partial charge in [-0.25, -0.2) is 9.59 Å². The van der Waals surface area contributed by atoms with E-state index in [9.17, 15) is 28.8 Å². The molecule has 2 aliphatic rings. The third-order valence-electron chi connectivity index (χ3n) is 14.8. The van der Waals surface area contributed by atoms with Crippen LogP contribution in [-0.2, 0) is 51.1 Å². The highest BCUT2D eigenvalue weighted by Gasteiger charge is 2.44. The van der Waals surface area contributed by atoms with Gasteiger partial charge in [0.25, 0.3) is 11.8 Å². The highest BCUT2D eigenvalue weighted by Crippen LogP contribution is 2.34. The van der Waals surface area contributed by atoms with E-state index in [4.69, 9.17) is 9.47 Å². The molecule has 0 aromatic heterocycles. The smallest absolute Gasteiger partial charge is 0.329 e. The van der Waals surface area contributed by atoms with Crippen LogP contribution in [-0.4, -0.2) is 82.5 Å². The number of benzene rings is 2. The van der Waals surface area contributed by atoms with Gasteiger partial charge in [-0.1, -0.05) is 154 Å². The summed E-state index contributed by atoms with van der Waals surface area (Å²) in [5.41, 5.74) is -0.317. The summed E-state index contributed by atoms with van der Waals surface area (Å²) in [6, 6.07) is 18.7. The molecule has 2 unspecified atom stereocenters. The lowest BCUT2D eigenvalue weighted by Gasteiger charge is -2.38. The van der Waals surface area contributed by atoms with Crippen molar-refractivity contribution in [2.75, 3.05) is 13.1 Å². The van der Waals surface area contributed by atoms with Crippen molar-refractivity contribution in [1.29, 1.82) is 0 Å². The quantitative estimate of drug-likeness (QED) is 0.0417. The fourth-order valence-electron chi connectivity index (χ4n) is 9.00. The first-order valence-electron chi connectivity index (χ1n) is 25.7. The zero-order valence-corrected chi connectivity index (χ0v) is 43.3. The van der Waals surface area contributed by atoms with Crippen LogP contribution in [0.2, 0.25) is 0 Å². The Morgan fingerprint density at radius 2 is 0.912 bits per heavy atom. The molecule has 2 saturated heterocycles.